The second kappa shape index (κ2) is 9.29. The van der Waals surface area contributed by atoms with Gasteiger partial charge < -0.3 is 14.2 Å². The summed E-state index contributed by atoms with van der Waals surface area (Å²) in [4.78, 5) is 25.2. The molecule has 8 heteroatoms. The third-order valence-electron chi connectivity index (χ3n) is 4.17. The first-order chi connectivity index (χ1) is 14.5. The number of hydrogen-bond acceptors (Lipinski definition) is 6. The Hall–Kier alpha value is -3.57. The van der Waals surface area contributed by atoms with Crippen molar-refractivity contribution >= 4 is 27.9 Å². The van der Waals surface area contributed by atoms with Crippen LogP contribution in [0.1, 0.15) is 20.8 Å². The van der Waals surface area contributed by atoms with Crippen LogP contribution < -0.4 is 4.74 Å². The van der Waals surface area contributed by atoms with Crippen LogP contribution in [0.4, 0.5) is 0 Å². The molecular weight excluding hydrogens is 452 g/mol. The zero-order chi connectivity index (χ0) is 21.7. The molecule has 2 aromatic carbocycles. The minimum Gasteiger partial charge on any atom is -0.480 e. The lowest BCUT2D eigenvalue weighted by atomic mass is 10.1. The second-order valence-electron chi connectivity index (χ2n) is 5.94. The smallest absolute Gasteiger partial charge is 0.357 e. The van der Waals surface area contributed by atoms with Crippen molar-refractivity contribution in [3.63, 3.8) is 0 Å². The van der Waals surface area contributed by atoms with Crippen LogP contribution in [0.15, 0.2) is 53.0 Å². The summed E-state index contributed by atoms with van der Waals surface area (Å²) < 4.78 is 17.3. The van der Waals surface area contributed by atoms with E-state index < -0.39 is 11.9 Å². The maximum atomic E-state index is 12.6. The fourth-order valence-corrected chi connectivity index (χ4v) is 3.33. The van der Waals surface area contributed by atoms with E-state index in [4.69, 9.17) is 20.6 Å². The van der Waals surface area contributed by atoms with E-state index in [1.54, 1.807) is 42.5 Å². The number of para-hydroxylation sites is 1. The standard InChI is InChI=1S/C22H17BrN2O5/c1-4-12-30-17-11-10-14(13-16(17)23)19-18(21(26)28-2)20(22(27)29-3)25(24-19)15-8-6-5-7-9-15/h1,5-11,13H,12H2,2-3H3. The monoisotopic (exact) mass is 468 g/mol. The number of carbonyl (C=O) groups is 2. The minimum atomic E-state index is -0.717. The van der Waals surface area contributed by atoms with Crippen molar-refractivity contribution in [1.82, 2.24) is 9.78 Å². The Bertz CT molecular complexity index is 1130. The van der Waals surface area contributed by atoms with E-state index in [1.165, 1.54) is 18.9 Å². The van der Waals surface area contributed by atoms with Gasteiger partial charge >= 0.3 is 11.9 Å². The number of carbonyl (C=O) groups excluding carboxylic acids is 2. The van der Waals surface area contributed by atoms with Gasteiger partial charge in [0, 0.05) is 5.56 Å². The first kappa shape index (κ1) is 21.1. The van der Waals surface area contributed by atoms with Crippen molar-refractivity contribution in [2.75, 3.05) is 20.8 Å². The Balaban J connectivity index is 2.25. The highest BCUT2D eigenvalue weighted by atomic mass is 79.9. The van der Waals surface area contributed by atoms with Gasteiger partial charge in [-0.1, -0.05) is 24.1 Å². The number of methoxy groups -OCH3 is 2. The van der Waals surface area contributed by atoms with Crippen LogP contribution in [0, 0.1) is 12.3 Å². The highest BCUT2D eigenvalue weighted by Crippen LogP contribution is 2.34. The molecule has 1 aromatic heterocycles. The van der Waals surface area contributed by atoms with Crippen LogP contribution in [0.3, 0.4) is 0 Å². The van der Waals surface area contributed by atoms with Crippen LogP contribution in [-0.4, -0.2) is 42.5 Å². The van der Waals surface area contributed by atoms with E-state index >= 15 is 0 Å². The molecule has 0 radical (unpaired) electrons. The Morgan fingerprint density at radius 1 is 1.10 bits per heavy atom. The van der Waals surface area contributed by atoms with Gasteiger partial charge in [-0.05, 0) is 46.3 Å². The van der Waals surface area contributed by atoms with Crippen molar-refractivity contribution in [3.8, 4) is 35.0 Å². The van der Waals surface area contributed by atoms with Gasteiger partial charge in [-0.15, -0.1) is 6.42 Å². The summed E-state index contributed by atoms with van der Waals surface area (Å²) >= 11 is 3.43. The molecule has 152 valence electrons. The molecule has 7 nitrogen and oxygen atoms in total. The topological polar surface area (TPSA) is 79.7 Å². The third-order valence-corrected chi connectivity index (χ3v) is 4.79. The van der Waals surface area contributed by atoms with E-state index in [1.807, 2.05) is 6.07 Å². The first-order valence-electron chi connectivity index (χ1n) is 8.73. The molecule has 0 aliphatic carbocycles. The molecule has 0 saturated carbocycles. The number of halogens is 1. The minimum absolute atomic E-state index is 0.00241. The Morgan fingerprint density at radius 3 is 2.40 bits per heavy atom. The number of ether oxygens (including phenoxy) is 3. The number of hydrogen-bond donors (Lipinski definition) is 0. The molecule has 3 rings (SSSR count). The lowest BCUT2D eigenvalue weighted by Gasteiger charge is -2.08. The molecule has 0 saturated heterocycles. The Labute approximate surface area is 181 Å². The van der Waals surface area contributed by atoms with Crippen molar-refractivity contribution in [3.05, 3.63) is 64.3 Å². The first-order valence-corrected chi connectivity index (χ1v) is 9.52. The van der Waals surface area contributed by atoms with E-state index in [2.05, 4.69) is 26.9 Å². The summed E-state index contributed by atoms with van der Waals surface area (Å²) in [5, 5.41) is 4.54. The molecule has 0 aliphatic heterocycles. The van der Waals surface area contributed by atoms with E-state index in [9.17, 15) is 9.59 Å². The summed E-state index contributed by atoms with van der Waals surface area (Å²) in [6, 6.07) is 14.1. The average Bonchev–Trinajstić information content (AvgIpc) is 3.18. The zero-order valence-corrected chi connectivity index (χ0v) is 17.8. The number of aromatic nitrogens is 2. The van der Waals surface area contributed by atoms with Crippen molar-refractivity contribution in [1.29, 1.82) is 0 Å². The number of terminal acetylenes is 1. The van der Waals surface area contributed by atoms with E-state index in [0.29, 0.717) is 21.5 Å². The summed E-state index contributed by atoms with van der Waals surface area (Å²) in [6.07, 6.45) is 5.23. The van der Waals surface area contributed by atoms with Gasteiger partial charge in [0.05, 0.1) is 24.4 Å². The maximum absolute atomic E-state index is 12.6. The van der Waals surface area contributed by atoms with Crippen LogP contribution in [0.5, 0.6) is 5.75 Å². The number of benzene rings is 2. The normalized spacial score (nSPS) is 10.2. The quantitative estimate of drug-likeness (QED) is 0.403. The lowest BCUT2D eigenvalue weighted by Crippen LogP contribution is -2.15. The van der Waals surface area contributed by atoms with Gasteiger partial charge in [-0.25, -0.2) is 14.3 Å². The largest absolute Gasteiger partial charge is 0.480 e. The van der Waals surface area contributed by atoms with Crippen molar-refractivity contribution < 1.29 is 23.8 Å². The van der Waals surface area contributed by atoms with E-state index in [-0.39, 0.29) is 23.6 Å². The van der Waals surface area contributed by atoms with Crippen molar-refractivity contribution in [2.45, 2.75) is 0 Å². The lowest BCUT2D eigenvalue weighted by molar-refractivity contribution is 0.0549. The molecule has 0 amide bonds. The maximum Gasteiger partial charge on any atom is 0.357 e. The fourth-order valence-electron chi connectivity index (χ4n) is 2.84. The van der Waals surface area contributed by atoms with Gasteiger partial charge in [-0.2, -0.15) is 5.10 Å². The Morgan fingerprint density at radius 2 is 1.80 bits per heavy atom. The molecule has 0 bridgehead atoms. The SMILES string of the molecule is C#CCOc1ccc(-c2nn(-c3ccccc3)c(C(=O)OC)c2C(=O)OC)cc1Br. The van der Waals surface area contributed by atoms with Crippen LogP contribution >= 0.6 is 15.9 Å². The van der Waals surface area contributed by atoms with E-state index in [0.717, 1.165) is 0 Å². The summed E-state index contributed by atoms with van der Waals surface area (Å²) in [7, 11) is 2.47. The zero-order valence-electron chi connectivity index (χ0n) is 16.2. The second-order valence-corrected chi connectivity index (χ2v) is 6.80. The summed E-state index contributed by atoms with van der Waals surface area (Å²) in [6.45, 7) is 0.112. The summed E-state index contributed by atoms with van der Waals surface area (Å²) in [5.74, 6) is 1.50. The fraction of sp³-hybridized carbons (Fsp3) is 0.136. The van der Waals surface area contributed by atoms with Gasteiger partial charge in [0.2, 0.25) is 0 Å². The molecule has 0 N–H and O–H groups in total. The molecule has 3 aromatic rings. The molecule has 0 unspecified atom stereocenters. The molecule has 0 fully saturated rings. The summed E-state index contributed by atoms with van der Waals surface area (Å²) in [5.41, 5.74) is 1.37. The highest BCUT2D eigenvalue weighted by molar-refractivity contribution is 9.10. The molecule has 0 spiro atoms. The van der Waals surface area contributed by atoms with Gasteiger partial charge in [0.15, 0.2) is 5.69 Å². The Kier molecular flexibility index (Phi) is 6.54. The van der Waals surface area contributed by atoms with Crippen LogP contribution in [0.2, 0.25) is 0 Å². The van der Waals surface area contributed by atoms with Gasteiger partial charge in [-0.3, -0.25) is 0 Å². The predicted molar refractivity (Wildman–Crippen MR) is 114 cm³/mol. The molecule has 0 atom stereocenters. The molecular formula is C22H17BrN2O5. The predicted octanol–water partition coefficient (Wildman–Crippen LogP) is 3.89. The van der Waals surface area contributed by atoms with Gasteiger partial charge in [0.1, 0.15) is 23.6 Å². The van der Waals surface area contributed by atoms with Crippen LogP contribution in [-0.2, 0) is 9.47 Å². The third kappa shape index (κ3) is 4.07. The highest BCUT2D eigenvalue weighted by Gasteiger charge is 2.31. The number of esters is 2. The number of nitrogens with zero attached hydrogens (tertiary/aromatic N) is 2. The van der Waals surface area contributed by atoms with Crippen molar-refractivity contribution in [2.24, 2.45) is 0 Å². The molecule has 1 heterocycles. The molecule has 30 heavy (non-hydrogen) atoms. The molecule has 0 aliphatic rings. The average molecular weight is 469 g/mol. The van der Waals surface area contributed by atoms with Gasteiger partial charge in [0.25, 0.3) is 0 Å². The van der Waals surface area contributed by atoms with Crippen LogP contribution in [0.25, 0.3) is 16.9 Å². The number of rotatable bonds is 6.